The van der Waals surface area contributed by atoms with Gasteiger partial charge in [0.2, 0.25) is 0 Å². The van der Waals surface area contributed by atoms with E-state index in [2.05, 4.69) is 25.7 Å². The minimum atomic E-state index is -0.0535. The molecule has 2 aliphatic rings. The highest BCUT2D eigenvalue weighted by atomic mass is 16.6. The number of aliphatic hydroxyl groups is 1. The Morgan fingerprint density at radius 2 is 2.06 bits per heavy atom. The molecule has 1 aliphatic carbocycles. The molecule has 0 aromatic carbocycles. The number of esters is 1. The number of ether oxygens (including phenoxy) is 1. The van der Waals surface area contributed by atoms with Gasteiger partial charge in [-0.3, -0.25) is 4.79 Å². The normalized spacial score (nSPS) is 39.2. The van der Waals surface area contributed by atoms with Crippen molar-refractivity contribution >= 4 is 5.97 Å². The zero-order valence-electron chi connectivity index (χ0n) is 11.6. The minimum Gasteiger partial charge on any atom is -0.462 e. The quantitative estimate of drug-likeness (QED) is 0.748. The maximum Gasteiger partial charge on any atom is 0.310 e. The van der Waals surface area contributed by atoms with Crippen molar-refractivity contribution in [2.45, 2.75) is 33.3 Å². The van der Waals surface area contributed by atoms with Crippen LogP contribution in [0.4, 0.5) is 0 Å². The van der Waals surface area contributed by atoms with Gasteiger partial charge in [-0.25, -0.2) is 0 Å². The fourth-order valence-corrected chi connectivity index (χ4v) is 3.69. The third-order valence-corrected chi connectivity index (χ3v) is 4.85. The van der Waals surface area contributed by atoms with Gasteiger partial charge in [-0.05, 0) is 31.3 Å². The van der Waals surface area contributed by atoms with Crippen molar-refractivity contribution in [3.05, 3.63) is 0 Å². The lowest BCUT2D eigenvalue weighted by Crippen LogP contribution is -2.37. The van der Waals surface area contributed by atoms with Crippen molar-refractivity contribution in [2.75, 3.05) is 26.2 Å². The Labute approximate surface area is 109 Å². The second-order valence-electron chi connectivity index (χ2n) is 5.70. The second kappa shape index (κ2) is 5.57. The summed E-state index contributed by atoms with van der Waals surface area (Å²) >= 11 is 0. The molecule has 5 atom stereocenters. The smallest absolute Gasteiger partial charge is 0.310 e. The number of hydrogen-bond acceptors (Lipinski definition) is 4. The highest BCUT2D eigenvalue weighted by Gasteiger charge is 2.54. The van der Waals surface area contributed by atoms with Crippen LogP contribution in [0.5, 0.6) is 0 Å². The van der Waals surface area contributed by atoms with E-state index in [0.717, 1.165) is 26.1 Å². The lowest BCUT2D eigenvalue weighted by molar-refractivity contribution is -0.145. The molecule has 104 valence electrons. The van der Waals surface area contributed by atoms with Gasteiger partial charge in [0.25, 0.3) is 0 Å². The van der Waals surface area contributed by atoms with Crippen LogP contribution in [0.2, 0.25) is 0 Å². The molecule has 0 radical (unpaired) electrons. The topological polar surface area (TPSA) is 49.8 Å². The van der Waals surface area contributed by atoms with Gasteiger partial charge in [0.05, 0.1) is 5.92 Å². The van der Waals surface area contributed by atoms with Gasteiger partial charge in [0.15, 0.2) is 0 Å². The summed E-state index contributed by atoms with van der Waals surface area (Å²) in [4.78, 5) is 14.3. The Kier molecular flexibility index (Phi) is 4.28. The summed E-state index contributed by atoms with van der Waals surface area (Å²) in [5, 5.41) is 9.56. The van der Waals surface area contributed by atoms with E-state index in [1.165, 1.54) is 0 Å². The summed E-state index contributed by atoms with van der Waals surface area (Å²) in [7, 11) is 0. The number of carbonyl (C=O) groups excluding carboxylic acids is 1. The van der Waals surface area contributed by atoms with Gasteiger partial charge in [-0.15, -0.1) is 0 Å². The standard InChI is InChI=1S/C14H25NO3/c1-4-15(5-2)7-10-13-11(8-16)9(3)6-12(13)18-14(10)17/h9-13,16H,4-8H2,1-3H3. The van der Waals surface area contributed by atoms with Crippen LogP contribution in [0.3, 0.4) is 0 Å². The SMILES string of the molecule is CCN(CC)CC1C(=O)OC2CC(C)C(CO)C21. The van der Waals surface area contributed by atoms with Crippen molar-refractivity contribution in [3.63, 3.8) is 0 Å². The molecule has 0 bridgehead atoms. The van der Waals surface area contributed by atoms with E-state index < -0.39 is 0 Å². The van der Waals surface area contributed by atoms with Gasteiger partial charge in [-0.1, -0.05) is 20.8 Å². The van der Waals surface area contributed by atoms with Crippen LogP contribution in [0, 0.1) is 23.7 Å². The molecule has 5 unspecified atom stereocenters. The third-order valence-electron chi connectivity index (χ3n) is 4.85. The van der Waals surface area contributed by atoms with E-state index in [1.807, 2.05) is 0 Å². The number of nitrogens with zero attached hydrogens (tertiary/aromatic N) is 1. The Morgan fingerprint density at radius 1 is 1.39 bits per heavy atom. The third kappa shape index (κ3) is 2.28. The van der Waals surface area contributed by atoms with E-state index in [1.54, 1.807) is 0 Å². The highest BCUT2D eigenvalue weighted by Crippen LogP contribution is 2.47. The Hall–Kier alpha value is -0.610. The molecule has 2 fully saturated rings. The van der Waals surface area contributed by atoms with Crippen molar-refractivity contribution in [3.8, 4) is 0 Å². The summed E-state index contributed by atoms with van der Waals surface area (Å²) in [6.07, 6.45) is 0.960. The van der Waals surface area contributed by atoms with Crippen LogP contribution in [0.25, 0.3) is 0 Å². The average Bonchev–Trinajstić information content (AvgIpc) is 2.80. The Balaban J connectivity index is 2.11. The molecule has 1 saturated heterocycles. The van der Waals surface area contributed by atoms with Crippen molar-refractivity contribution < 1.29 is 14.6 Å². The fraction of sp³-hybridized carbons (Fsp3) is 0.929. The van der Waals surface area contributed by atoms with Gasteiger partial charge >= 0.3 is 5.97 Å². The number of rotatable bonds is 5. The highest BCUT2D eigenvalue weighted by molar-refractivity contribution is 5.75. The molecule has 1 heterocycles. The van der Waals surface area contributed by atoms with E-state index in [9.17, 15) is 9.90 Å². The first kappa shape index (κ1) is 13.8. The average molecular weight is 255 g/mol. The molecule has 0 aromatic heterocycles. The zero-order chi connectivity index (χ0) is 13.3. The fourth-order valence-electron chi connectivity index (χ4n) is 3.69. The minimum absolute atomic E-state index is 0.0444. The Bertz CT molecular complexity index is 303. The first-order valence-corrected chi connectivity index (χ1v) is 7.16. The monoisotopic (exact) mass is 255 g/mol. The molecule has 4 nitrogen and oxygen atoms in total. The molecule has 1 aliphatic heterocycles. The summed E-state index contributed by atoms with van der Waals surface area (Å²) < 4.78 is 5.51. The van der Waals surface area contributed by atoms with Crippen molar-refractivity contribution in [2.24, 2.45) is 23.7 Å². The number of hydrogen-bond donors (Lipinski definition) is 1. The van der Waals surface area contributed by atoms with E-state index >= 15 is 0 Å². The van der Waals surface area contributed by atoms with Crippen LogP contribution in [0.15, 0.2) is 0 Å². The molecular formula is C14H25NO3. The maximum atomic E-state index is 12.0. The molecule has 0 spiro atoms. The predicted molar refractivity (Wildman–Crippen MR) is 69.0 cm³/mol. The van der Waals surface area contributed by atoms with Crippen molar-refractivity contribution in [1.82, 2.24) is 4.90 Å². The van der Waals surface area contributed by atoms with Crippen LogP contribution < -0.4 is 0 Å². The van der Waals surface area contributed by atoms with E-state index in [4.69, 9.17) is 4.74 Å². The molecule has 1 N–H and O–H groups in total. The van der Waals surface area contributed by atoms with Crippen LogP contribution in [-0.4, -0.2) is 48.3 Å². The molecule has 0 aromatic rings. The largest absolute Gasteiger partial charge is 0.462 e. The van der Waals surface area contributed by atoms with Crippen LogP contribution in [0.1, 0.15) is 27.2 Å². The zero-order valence-corrected chi connectivity index (χ0v) is 11.6. The maximum absolute atomic E-state index is 12.0. The Morgan fingerprint density at radius 3 is 2.61 bits per heavy atom. The molecule has 2 rings (SSSR count). The molecular weight excluding hydrogens is 230 g/mol. The summed E-state index contributed by atoms with van der Waals surface area (Å²) in [5.74, 6) is 0.802. The first-order chi connectivity index (χ1) is 8.62. The molecule has 1 saturated carbocycles. The lowest BCUT2D eigenvalue weighted by Gasteiger charge is -2.27. The van der Waals surface area contributed by atoms with Crippen LogP contribution in [-0.2, 0) is 9.53 Å². The van der Waals surface area contributed by atoms with E-state index in [0.29, 0.717) is 5.92 Å². The summed E-state index contributed by atoms with van der Waals surface area (Å²) in [6.45, 7) is 9.24. The number of fused-ring (bicyclic) bond motifs is 1. The van der Waals surface area contributed by atoms with E-state index in [-0.39, 0.29) is 36.4 Å². The first-order valence-electron chi connectivity index (χ1n) is 7.16. The van der Waals surface area contributed by atoms with Crippen molar-refractivity contribution in [1.29, 1.82) is 0 Å². The number of carbonyl (C=O) groups is 1. The predicted octanol–water partition coefficient (Wildman–Crippen LogP) is 1.13. The molecule has 0 amide bonds. The summed E-state index contributed by atoms with van der Waals surface area (Å²) in [5.41, 5.74) is 0. The molecule has 18 heavy (non-hydrogen) atoms. The lowest BCUT2D eigenvalue weighted by atomic mass is 9.82. The van der Waals surface area contributed by atoms with Gasteiger partial charge in [0, 0.05) is 19.1 Å². The van der Waals surface area contributed by atoms with Gasteiger partial charge < -0.3 is 14.7 Å². The number of aliphatic hydroxyl groups excluding tert-OH is 1. The van der Waals surface area contributed by atoms with Gasteiger partial charge in [0.1, 0.15) is 6.10 Å². The second-order valence-corrected chi connectivity index (χ2v) is 5.70. The molecule has 4 heteroatoms. The van der Waals surface area contributed by atoms with Crippen LogP contribution >= 0.6 is 0 Å². The van der Waals surface area contributed by atoms with Gasteiger partial charge in [-0.2, -0.15) is 0 Å². The summed E-state index contributed by atoms with van der Waals surface area (Å²) in [6, 6.07) is 0.